The van der Waals surface area contributed by atoms with Gasteiger partial charge in [0, 0.05) is 24.8 Å². The van der Waals surface area contributed by atoms with Gasteiger partial charge in [-0.1, -0.05) is 35.9 Å². The lowest BCUT2D eigenvalue weighted by Crippen LogP contribution is -2.26. The predicted octanol–water partition coefficient (Wildman–Crippen LogP) is 2.24. The Hall–Kier alpha value is -2.95. The first-order chi connectivity index (χ1) is 11.1. The van der Waals surface area contributed by atoms with Crippen molar-refractivity contribution in [3.05, 3.63) is 77.6 Å². The Kier molecular flexibility index (Phi) is 5.63. The number of carbonyl (C=O) groups excluding carboxylic acids is 2. The molecule has 0 saturated carbocycles. The smallest absolute Gasteiger partial charge is 0.270 e. The number of hydrogen-bond acceptors (Lipinski definition) is 3. The fourth-order valence-electron chi connectivity index (χ4n) is 1.94. The molecule has 2 amide bonds. The number of nitrogens with one attached hydrogen (secondary N) is 2. The van der Waals surface area contributed by atoms with Gasteiger partial charge in [0.15, 0.2) is 0 Å². The van der Waals surface area contributed by atoms with Crippen molar-refractivity contribution in [2.75, 3.05) is 6.54 Å². The molecule has 0 unspecified atom stereocenters. The third kappa shape index (κ3) is 4.78. The first-order valence-corrected chi connectivity index (χ1v) is 7.29. The Labute approximate surface area is 135 Å². The molecule has 2 N–H and O–H groups in total. The van der Waals surface area contributed by atoms with Crippen molar-refractivity contribution in [2.24, 2.45) is 0 Å². The van der Waals surface area contributed by atoms with Crippen LogP contribution in [0.15, 0.2) is 55.3 Å². The summed E-state index contributed by atoms with van der Waals surface area (Å²) in [4.78, 5) is 28.0. The van der Waals surface area contributed by atoms with E-state index in [4.69, 9.17) is 0 Å². The molecule has 0 saturated heterocycles. The lowest BCUT2D eigenvalue weighted by Gasteiger charge is -2.07. The largest absolute Gasteiger partial charge is 0.348 e. The zero-order chi connectivity index (χ0) is 16.7. The number of amides is 2. The lowest BCUT2D eigenvalue weighted by molar-refractivity contribution is 0.0951. The van der Waals surface area contributed by atoms with Gasteiger partial charge in [-0.25, -0.2) is 0 Å². The summed E-state index contributed by atoms with van der Waals surface area (Å²) in [5, 5.41) is 5.46. The molecule has 2 aromatic rings. The number of rotatable bonds is 6. The summed E-state index contributed by atoms with van der Waals surface area (Å²) in [6.45, 7) is 6.33. The Morgan fingerprint density at radius 3 is 2.57 bits per heavy atom. The van der Waals surface area contributed by atoms with Crippen molar-refractivity contribution in [2.45, 2.75) is 13.5 Å². The maximum atomic E-state index is 12.2. The summed E-state index contributed by atoms with van der Waals surface area (Å²) in [5.41, 5.74) is 2.79. The summed E-state index contributed by atoms with van der Waals surface area (Å²) in [5.74, 6) is -0.580. The molecule has 5 heteroatoms. The van der Waals surface area contributed by atoms with Crippen LogP contribution in [-0.2, 0) is 6.54 Å². The zero-order valence-electron chi connectivity index (χ0n) is 13.0. The molecule has 0 atom stereocenters. The standard InChI is InChI=1S/C18H19N3O2/c1-3-9-20-18(23)16-11-15(8-10-19-16)17(22)21-12-14-6-4-13(2)5-7-14/h3-8,10-11H,1,9,12H2,2H3,(H,20,23)(H,21,22). The highest BCUT2D eigenvalue weighted by molar-refractivity contribution is 5.98. The minimum atomic E-state index is -0.335. The summed E-state index contributed by atoms with van der Waals surface area (Å²) in [6.07, 6.45) is 3.03. The van der Waals surface area contributed by atoms with Gasteiger partial charge in [-0.3, -0.25) is 14.6 Å². The van der Waals surface area contributed by atoms with E-state index in [-0.39, 0.29) is 17.5 Å². The highest BCUT2D eigenvalue weighted by Gasteiger charge is 2.11. The first-order valence-electron chi connectivity index (χ1n) is 7.29. The van der Waals surface area contributed by atoms with E-state index in [0.29, 0.717) is 18.7 Å². The maximum Gasteiger partial charge on any atom is 0.270 e. The number of carbonyl (C=O) groups is 2. The molecular weight excluding hydrogens is 290 g/mol. The van der Waals surface area contributed by atoms with Crippen molar-refractivity contribution in [3.8, 4) is 0 Å². The van der Waals surface area contributed by atoms with E-state index in [1.807, 2.05) is 31.2 Å². The molecule has 1 heterocycles. The lowest BCUT2D eigenvalue weighted by atomic mass is 10.1. The minimum absolute atomic E-state index is 0.204. The van der Waals surface area contributed by atoms with Crippen LogP contribution in [0.2, 0.25) is 0 Å². The summed E-state index contributed by atoms with van der Waals surface area (Å²) >= 11 is 0. The molecule has 0 bridgehead atoms. The van der Waals surface area contributed by atoms with Crippen LogP contribution < -0.4 is 10.6 Å². The molecule has 0 radical (unpaired) electrons. The topological polar surface area (TPSA) is 71.1 Å². The van der Waals surface area contributed by atoms with Crippen LogP contribution in [0.5, 0.6) is 0 Å². The van der Waals surface area contributed by atoms with Crippen LogP contribution in [0.1, 0.15) is 32.0 Å². The van der Waals surface area contributed by atoms with E-state index in [1.54, 1.807) is 12.1 Å². The molecule has 23 heavy (non-hydrogen) atoms. The summed E-state index contributed by atoms with van der Waals surface area (Å²) in [7, 11) is 0. The molecule has 0 aliphatic carbocycles. The monoisotopic (exact) mass is 309 g/mol. The molecular formula is C18H19N3O2. The SMILES string of the molecule is C=CCNC(=O)c1cc(C(=O)NCc2ccc(C)cc2)ccn1. The number of hydrogen-bond donors (Lipinski definition) is 2. The van der Waals surface area contributed by atoms with Crippen molar-refractivity contribution < 1.29 is 9.59 Å². The second-order valence-corrected chi connectivity index (χ2v) is 5.10. The molecule has 0 aliphatic heterocycles. The fraction of sp³-hybridized carbons (Fsp3) is 0.167. The van der Waals surface area contributed by atoms with E-state index in [9.17, 15) is 9.59 Å². The van der Waals surface area contributed by atoms with E-state index in [2.05, 4.69) is 22.2 Å². The molecule has 5 nitrogen and oxygen atoms in total. The van der Waals surface area contributed by atoms with Gasteiger partial charge < -0.3 is 10.6 Å². The van der Waals surface area contributed by atoms with Crippen molar-refractivity contribution >= 4 is 11.8 Å². The molecule has 2 rings (SSSR count). The van der Waals surface area contributed by atoms with Gasteiger partial charge in [-0.2, -0.15) is 0 Å². The van der Waals surface area contributed by atoms with Crippen LogP contribution in [0.4, 0.5) is 0 Å². The van der Waals surface area contributed by atoms with Crippen molar-refractivity contribution in [1.29, 1.82) is 0 Å². The van der Waals surface area contributed by atoms with Crippen LogP contribution in [0.3, 0.4) is 0 Å². The number of benzene rings is 1. The Balaban J connectivity index is 2.00. The summed E-state index contributed by atoms with van der Waals surface area (Å²) in [6, 6.07) is 11.0. The third-order valence-electron chi connectivity index (χ3n) is 3.24. The number of aryl methyl sites for hydroxylation is 1. The van der Waals surface area contributed by atoms with E-state index in [1.165, 1.54) is 17.8 Å². The Morgan fingerprint density at radius 1 is 1.13 bits per heavy atom. The highest BCUT2D eigenvalue weighted by Crippen LogP contribution is 2.05. The second kappa shape index (κ2) is 7.89. The quantitative estimate of drug-likeness (QED) is 0.804. The molecule has 0 aliphatic rings. The van der Waals surface area contributed by atoms with Gasteiger partial charge in [0.2, 0.25) is 0 Å². The molecule has 1 aromatic heterocycles. The molecule has 0 spiro atoms. The highest BCUT2D eigenvalue weighted by atomic mass is 16.2. The second-order valence-electron chi connectivity index (χ2n) is 5.10. The predicted molar refractivity (Wildman–Crippen MR) is 89.1 cm³/mol. The van der Waals surface area contributed by atoms with E-state index in [0.717, 1.165) is 5.56 Å². The van der Waals surface area contributed by atoms with Crippen molar-refractivity contribution in [3.63, 3.8) is 0 Å². The van der Waals surface area contributed by atoms with E-state index < -0.39 is 0 Å². The molecule has 0 fully saturated rings. The van der Waals surface area contributed by atoms with Gasteiger partial charge in [-0.05, 0) is 24.6 Å². The average molecular weight is 309 g/mol. The van der Waals surface area contributed by atoms with Gasteiger partial charge in [-0.15, -0.1) is 6.58 Å². The Morgan fingerprint density at radius 2 is 1.87 bits per heavy atom. The minimum Gasteiger partial charge on any atom is -0.348 e. The summed E-state index contributed by atoms with van der Waals surface area (Å²) < 4.78 is 0. The normalized spacial score (nSPS) is 9.96. The third-order valence-corrected chi connectivity index (χ3v) is 3.24. The fourth-order valence-corrected chi connectivity index (χ4v) is 1.94. The van der Waals surface area contributed by atoms with Crippen LogP contribution in [0, 0.1) is 6.92 Å². The van der Waals surface area contributed by atoms with Crippen LogP contribution >= 0.6 is 0 Å². The van der Waals surface area contributed by atoms with Gasteiger partial charge in [0.1, 0.15) is 5.69 Å². The zero-order valence-corrected chi connectivity index (χ0v) is 13.0. The molecule has 1 aromatic carbocycles. The van der Waals surface area contributed by atoms with E-state index >= 15 is 0 Å². The number of aromatic nitrogens is 1. The first kappa shape index (κ1) is 16.4. The van der Waals surface area contributed by atoms with Crippen molar-refractivity contribution in [1.82, 2.24) is 15.6 Å². The van der Waals surface area contributed by atoms with Gasteiger partial charge in [0.05, 0.1) is 0 Å². The van der Waals surface area contributed by atoms with Gasteiger partial charge in [0.25, 0.3) is 11.8 Å². The number of nitrogens with zero attached hydrogens (tertiary/aromatic N) is 1. The average Bonchev–Trinajstić information content (AvgIpc) is 2.59. The maximum absolute atomic E-state index is 12.2. The van der Waals surface area contributed by atoms with Crippen LogP contribution in [-0.4, -0.2) is 23.3 Å². The Bertz CT molecular complexity index is 708. The number of pyridine rings is 1. The molecule has 118 valence electrons. The van der Waals surface area contributed by atoms with Gasteiger partial charge >= 0.3 is 0 Å². The van der Waals surface area contributed by atoms with Crippen LogP contribution in [0.25, 0.3) is 0 Å².